The highest BCUT2D eigenvalue weighted by atomic mass is 16.5. The molecule has 1 heterocycles. The van der Waals surface area contributed by atoms with Crippen molar-refractivity contribution < 1.29 is 20.2 Å². The van der Waals surface area contributed by atoms with Gasteiger partial charge in [-0.1, -0.05) is 13.8 Å². The zero-order chi connectivity index (χ0) is 18.4. The molecule has 1 aliphatic rings. The molecule has 0 aromatic heterocycles. The fourth-order valence-electron chi connectivity index (χ4n) is 3.02. The number of nitrogens with two attached hydrogens (primary N) is 1. The lowest BCUT2D eigenvalue weighted by Crippen LogP contribution is -2.56. The monoisotopic (exact) mass is 332 g/mol. The van der Waals surface area contributed by atoms with E-state index >= 15 is 0 Å². The summed E-state index contributed by atoms with van der Waals surface area (Å²) in [5.41, 5.74) is 5.47. The summed E-state index contributed by atoms with van der Waals surface area (Å²) in [4.78, 5) is 10.2. The molecule has 0 unspecified atom stereocenters. The summed E-state index contributed by atoms with van der Waals surface area (Å²) in [5, 5.41) is 28.9. The fraction of sp³-hybridized carbons (Fsp3) is 0.941. The Kier molecular flexibility index (Phi) is 8.70. The van der Waals surface area contributed by atoms with Crippen LogP contribution in [0.4, 0.5) is 0 Å². The van der Waals surface area contributed by atoms with Crippen molar-refractivity contribution in [3.63, 3.8) is 0 Å². The van der Waals surface area contributed by atoms with Crippen LogP contribution < -0.4 is 5.73 Å². The summed E-state index contributed by atoms with van der Waals surface area (Å²) in [7, 11) is 0. The predicted octanol–water partition coefficient (Wildman–Crippen LogP) is 2.61. The molecule has 0 amide bonds. The number of aliphatic hydroxyl groups excluding tert-OH is 1. The largest absolute Gasteiger partial charge is 0.481 e. The fourth-order valence-corrected chi connectivity index (χ4v) is 3.02. The van der Waals surface area contributed by atoms with Gasteiger partial charge in [-0.2, -0.15) is 5.06 Å². The third kappa shape index (κ3) is 8.11. The Hall–Kier alpha value is -0.690. The third-order valence-electron chi connectivity index (χ3n) is 4.35. The van der Waals surface area contributed by atoms with Gasteiger partial charge in [0.1, 0.15) is 0 Å². The number of aliphatic carboxylic acids is 1. The molecule has 1 saturated heterocycles. The predicted molar refractivity (Wildman–Crippen MR) is 91.3 cm³/mol. The van der Waals surface area contributed by atoms with Crippen LogP contribution in [0.15, 0.2) is 0 Å². The van der Waals surface area contributed by atoms with E-state index in [1.54, 1.807) is 0 Å². The van der Waals surface area contributed by atoms with Crippen LogP contribution in [-0.4, -0.2) is 49.7 Å². The Bertz CT molecular complexity index is 354. The molecule has 2 atom stereocenters. The number of aliphatic hydroxyl groups is 1. The Morgan fingerprint density at radius 2 is 1.61 bits per heavy atom. The Labute approximate surface area is 140 Å². The van der Waals surface area contributed by atoms with Gasteiger partial charge in [0.05, 0.1) is 12.5 Å². The average Bonchev–Trinajstić information content (AvgIpc) is 2.35. The molecule has 0 radical (unpaired) electrons. The Morgan fingerprint density at radius 3 is 1.91 bits per heavy atom. The van der Waals surface area contributed by atoms with Crippen molar-refractivity contribution in [3.05, 3.63) is 0 Å². The van der Waals surface area contributed by atoms with Crippen molar-refractivity contribution in [2.45, 2.75) is 96.9 Å². The second kappa shape index (κ2) is 8.97. The second-order valence-corrected chi connectivity index (χ2v) is 8.25. The van der Waals surface area contributed by atoms with Crippen molar-refractivity contribution in [3.8, 4) is 0 Å². The molecule has 6 heteroatoms. The van der Waals surface area contributed by atoms with Crippen molar-refractivity contribution in [1.82, 2.24) is 5.06 Å². The number of piperidine rings is 1. The first-order valence-corrected chi connectivity index (χ1v) is 8.44. The van der Waals surface area contributed by atoms with Gasteiger partial charge in [-0.15, -0.1) is 0 Å². The molecule has 0 saturated carbocycles. The zero-order valence-corrected chi connectivity index (χ0v) is 15.5. The maximum atomic E-state index is 10.2. The summed E-state index contributed by atoms with van der Waals surface area (Å²) < 4.78 is 0. The standard InChI is InChI=1S/C9H19NO.C8H17NO3/c1-8(2)6-5-7-9(3,4)10(8)11;1-5(2)3-6(9)7(10)4-8(11)12/h11H,5-7H2,1-4H3;5-7,10H,3-4,9H2,1-2H3,(H,11,12)/t;6-,7-/m.0/s1. The van der Waals surface area contributed by atoms with E-state index in [2.05, 4.69) is 27.7 Å². The number of nitrogens with zero attached hydrogens (tertiary/aromatic N) is 1. The molecule has 1 aliphatic heterocycles. The lowest BCUT2D eigenvalue weighted by molar-refractivity contribution is -0.241. The molecule has 23 heavy (non-hydrogen) atoms. The summed E-state index contributed by atoms with van der Waals surface area (Å²) in [5.74, 6) is -0.634. The molecule has 138 valence electrons. The van der Waals surface area contributed by atoms with Gasteiger partial charge < -0.3 is 21.2 Å². The molecule has 1 rings (SSSR count). The molecular weight excluding hydrogens is 296 g/mol. The highest BCUT2D eigenvalue weighted by Crippen LogP contribution is 2.35. The van der Waals surface area contributed by atoms with E-state index < -0.39 is 18.1 Å². The number of carbonyl (C=O) groups is 1. The third-order valence-corrected chi connectivity index (χ3v) is 4.35. The van der Waals surface area contributed by atoms with Gasteiger partial charge in [0.25, 0.3) is 0 Å². The molecule has 0 bridgehead atoms. The van der Waals surface area contributed by atoms with Crippen molar-refractivity contribution in [2.24, 2.45) is 11.7 Å². The number of carboxylic acids is 1. The van der Waals surface area contributed by atoms with Crippen molar-refractivity contribution in [1.29, 1.82) is 0 Å². The van der Waals surface area contributed by atoms with E-state index in [1.807, 2.05) is 13.8 Å². The maximum absolute atomic E-state index is 10.2. The van der Waals surface area contributed by atoms with Crippen LogP contribution in [0, 0.1) is 5.92 Å². The lowest BCUT2D eigenvalue weighted by atomic mass is 9.82. The minimum Gasteiger partial charge on any atom is -0.481 e. The van der Waals surface area contributed by atoms with Crippen LogP contribution in [0.5, 0.6) is 0 Å². The summed E-state index contributed by atoms with van der Waals surface area (Å²) in [6.07, 6.45) is 2.85. The highest BCUT2D eigenvalue weighted by molar-refractivity contribution is 5.67. The van der Waals surface area contributed by atoms with Gasteiger partial charge in [0, 0.05) is 17.1 Å². The van der Waals surface area contributed by atoms with Gasteiger partial charge in [-0.05, 0) is 59.3 Å². The van der Waals surface area contributed by atoms with Gasteiger partial charge in [0.2, 0.25) is 0 Å². The van der Waals surface area contributed by atoms with E-state index in [4.69, 9.17) is 10.8 Å². The van der Waals surface area contributed by atoms with Gasteiger partial charge in [-0.25, -0.2) is 0 Å². The first-order chi connectivity index (χ1) is 10.3. The van der Waals surface area contributed by atoms with Crippen molar-refractivity contribution >= 4 is 5.97 Å². The van der Waals surface area contributed by atoms with Crippen LogP contribution in [-0.2, 0) is 4.79 Å². The SMILES string of the molecule is CC(C)C[C@H](N)[C@@H](O)CC(=O)O.CC1(C)CCCC(C)(C)N1O. The van der Waals surface area contributed by atoms with Crippen LogP contribution in [0.1, 0.15) is 73.6 Å². The topological polar surface area (TPSA) is 107 Å². The molecule has 1 fully saturated rings. The molecule has 0 spiro atoms. The van der Waals surface area contributed by atoms with Crippen LogP contribution in [0.3, 0.4) is 0 Å². The minimum atomic E-state index is -1.01. The normalized spacial score (nSPS) is 22.9. The number of carboxylic acid groups (broad SMARTS) is 1. The number of rotatable bonds is 5. The smallest absolute Gasteiger partial charge is 0.306 e. The second-order valence-electron chi connectivity index (χ2n) is 8.25. The van der Waals surface area contributed by atoms with Gasteiger partial charge in [-0.3, -0.25) is 4.79 Å². The van der Waals surface area contributed by atoms with Crippen molar-refractivity contribution in [2.75, 3.05) is 0 Å². The van der Waals surface area contributed by atoms with E-state index in [0.29, 0.717) is 12.3 Å². The Morgan fingerprint density at radius 1 is 1.17 bits per heavy atom. The quantitative estimate of drug-likeness (QED) is 0.616. The number of hydrogen-bond donors (Lipinski definition) is 4. The molecular formula is C17H36N2O4. The average molecular weight is 332 g/mol. The van der Waals surface area contributed by atoms with E-state index in [1.165, 1.54) is 11.5 Å². The van der Waals surface area contributed by atoms with E-state index in [9.17, 15) is 15.1 Å². The number of hydroxylamine groups is 2. The Balaban J connectivity index is 0.000000422. The summed E-state index contributed by atoms with van der Waals surface area (Å²) in [6, 6.07) is -0.430. The van der Waals surface area contributed by atoms with Crippen LogP contribution in [0.2, 0.25) is 0 Å². The lowest BCUT2D eigenvalue weighted by Gasteiger charge is -2.48. The maximum Gasteiger partial charge on any atom is 0.306 e. The molecule has 6 nitrogen and oxygen atoms in total. The molecule has 0 aromatic carbocycles. The first-order valence-electron chi connectivity index (χ1n) is 8.44. The first kappa shape index (κ1) is 22.3. The van der Waals surface area contributed by atoms with Crippen LogP contribution in [0.25, 0.3) is 0 Å². The number of hydrogen-bond acceptors (Lipinski definition) is 5. The van der Waals surface area contributed by atoms with Gasteiger partial charge >= 0.3 is 5.97 Å². The molecule has 0 aromatic rings. The van der Waals surface area contributed by atoms with E-state index in [0.717, 1.165) is 12.8 Å². The molecule has 5 N–H and O–H groups in total. The summed E-state index contributed by atoms with van der Waals surface area (Å²) >= 11 is 0. The van der Waals surface area contributed by atoms with Gasteiger partial charge in [0.15, 0.2) is 0 Å². The molecule has 0 aliphatic carbocycles. The highest BCUT2D eigenvalue weighted by Gasteiger charge is 2.40. The minimum absolute atomic E-state index is 0.0399. The van der Waals surface area contributed by atoms with E-state index in [-0.39, 0.29) is 17.5 Å². The zero-order valence-electron chi connectivity index (χ0n) is 15.5. The summed E-state index contributed by atoms with van der Waals surface area (Å²) in [6.45, 7) is 12.3. The van der Waals surface area contributed by atoms with Crippen LogP contribution >= 0.6 is 0 Å².